The van der Waals surface area contributed by atoms with Crippen molar-refractivity contribution in [3.63, 3.8) is 0 Å². The van der Waals surface area contributed by atoms with E-state index >= 15 is 4.79 Å². The molecular weight excluding hydrogens is 1470 g/mol. The van der Waals surface area contributed by atoms with Gasteiger partial charge >= 0.3 is 59.7 Å². The Morgan fingerprint density at radius 2 is 0.386 bits per heavy atom. The maximum absolute atomic E-state index is 15.0. The maximum Gasteiger partial charge on any atom is 0.338 e. The third-order valence-electron chi connectivity index (χ3n) is 18.3. The topological polar surface area (TPSA) is 329 Å². The molecule has 0 radical (unpaired) electrons. The van der Waals surface area contributed by atoms with E-state index in [1.807, 2.05) is 0 Å². The van der Waals surface area contributed by atoms with Crippen molar-refractivity contribution in [1.82, 2.24) is 0 Å². The molecule has 0 spiro atoms. The lowest BCUT2D eigenvalue weighted by Crippen LogP contribution is -2.66. The highest BCUT2D eigenvalue weighted by molar-refractivity contribution is 5.95. The zero-order valence-corrected chi connectivity index (χ0v) is 60.3. The Hall–Kier alpha value is -13.3. The van der Waals surface area contributed by atoms with Crippen LogP contribution in [0.25, 0.3) is 0 Å². The van der Waals surface area contributed by atoms with Gasteiger partial charge in [-0.1, -0.05) is 182 Å². The second-order valence-corrected chi connectivity index (χ2v) is 25.9. The number of hydrogen-bond donors (Lipinski definition) is 1. The number of hydrogen-bond acceptors (Lipinski definition) is 26. The van der Waals surface area contributed by atoms with E-state index in [1.54, 1.807) is 121 Å². The summed E-state index contributed by atoms with van der Waals surface area (Å²) >= 11 is 0. The second-order valence-electron chi connectivity index (χ2n) is 25.9. The molecule has 10 aromatic carbocycles. The second kappa shape index (κ2) is 38.1. The molecule has 580 valence electrons. The summed E-state index contributed by atoms with van der Waals surface area (Å²) in [6.07, 6.45) is -30.1. The molecule has 15 atom stereocenters. The maximum atomic E-state index is 15.0. The van der Waals surface area contributed by atoms with E-state index in [0.29, 0.717) is 0 Å². The minimum atomic E-state index is -2.25. The van der Waals surface area contributed by atoms with Crippen LogP contribution in [-0.2, 0) is 71.1 Å². The molecule has 114 heavy (non-hydrogen) atoms. The average Bonchev–Trinajstić information content (AvgIpc) is 0.758. The standard InChI is InChI=1S/C88H72O26/c89-76(54-31-11-1-12-32-54)100-51-65-68(107-78(91)56-35-15-3-16-36-56)71(110-81(94)59-41-21-6-22-42-59)74(113-84(97)62-47-27-9-28-48-62)88(104-65)102-53-66-69(108-79(92)57-37-17-4-18-38-57)72(111-82(95)60-43-23-7-24-44-60)75(114-85(98)63-49-29-10-30-50-63)87(105-66)101-52-64-67(106-77(90)55-33-13-2-14-34-55)70(109-80(93)58-39-19-5-20-40-58)73(86(99)103-64)112-83(96)61-45-25-8-26-46-61/h1-50,64-75,86-88,99H,51-53H2/t64-,65-,66-,67-,68-,69-,70+,71+,72+,73-,74-,75-,86+,87-,88-/m1/s1. The average molecular weight is 1550 g/mol. The Morgan fingerprint density at radius 3 is 0.623 bits per heavy atom. The van der Waals surface area contributed by atoms with Gasteiger partial charge in [0.1, 0.15) is 24.9 Å². The molecule has 3 aliphatic heterocycles. The molecule has 3 saturated heterocycles. The van der Waals surface area contributed by atoms with E-state index < -0.39 is 172 Å². The number of benzene rings is 10. The van der Waals surface area contributed by atoms with Crippen LogP contribution in [0.1, 0.15) is 104 Å². The van der Waals surface area contributed by atoms with Gasteiger partial charge in [0.05, 0.1) is 68.8 Å². The van der Waals surface area contributed by atoms with Gasteiger partial charge in [0.25, 0.3) is 0 Å². The highest BCUT2D eigenvalue weighted by atomic mass is 16.8. The van der Waals surface area contributed by atoms with Gasteiger partial charge in [-0.05, 0) is 121 Å². The van der Waals surface area contributed by atoms with E-state index in [2.05, 4.69) is 0 Å². The lowest BCUT2D eigenvalue weighted by Gasteiger charge is -2.47. The van der Waals surface area contributed by atoms with Gasteiger partial charge in [0, 0.05) is 0 Å². The van der Waals surface area contributed by atoms with Crippen molar-refractivity contribution in [3.8, 4) is 0 Å². The number of carbonyl (C=O) groups is 10. The molecule has 10 aromatic rings. The van der Waals surface area contributed by atoms with Gasteiger partial charge in [-0.3, -0.25) is 0 Å². The van der Waals surface area contributed by atoms with Gasteiger partial charge in [-0.2, -0.15) is 0 Å². The first-order valence-electron chi connectivity index (χ1n) is 36.0. The van der Waals surface area contributed by atoms with Crippen molar-refractivity contribution in [2.45, 2.75) is 92.1 Å². The summed E-state index contributed by atoms with van der Waals surface area (Å²) in [6, 6.07) is 75.6. The molecule has 3 aliphatic rings. The molecule has 13 rings (SSSR count). The normalized spacial score (nSPS) is 22.9. The van der Waals surface area contributed by atoms with Crippen molar-refractivity contribution >= 4 is 59.7 Å². The molecule has 3 fully saturated rings. The molecule has 1 N–H and O–H groups in total. The molecule has 0 bridgehead atoms. The van der Waals surface area contributed by atoms with E-state index in [1.165, 1.54) is 182 Å². The van der Waals surface area contributed by atoms with Crippen LogP contribution in [-0.4, -0.2) is 177 Å². The van der Waals surface area contributed by atoms with Crippen LogP contribution in [0.15, 0.2) is 303 Å². The first-order valence-corrected chi connectivity index (χ1v) is 36.0. The highest BCUT2D eigenvalue weighted by Gasteiger charge is 2.59. The predicted molar refractivity (Wildman–Crippen MR) is 398 cm³/mol. The molecule has 26 nitrogen and oxygen atoms in total. The smallest absolute Gasteiger partial charge is 0.338 e. The predicted octanol–water partition coefficient (Wildman–Crippen LogP) is 11.1. The number of rotatable bonds is 27. The van der Waals surface area contributed by atoms with Crippen LogP contribution in [0.3, 0.4) is 0 Å². The SMILES string of the molecule is O=C(OC[C@H]1O[C@@H](OC[C@H]2O[C@@H](OC[C@H]3O[C@H](O)[C@H](OC(=O)c4ccccc4)[C@@H](OC(=O)c4ccccc4)[C@@H]3OC(=O)c3ccccc3)[C@H](OC(=O)c3ccccc3)[C@@H](OC(=O)c3ccccc3)[C@@H]2OC(=O)c2ccccc2)[C@H](OC(=O)c2ccccc2)[C@@H](OC(=O)c2ccccc2)[C@@H]1OC(=O)c1ccccc1)c1ccccc1. The number of ether oxygens (including phenoxy) is 15. The van der Waals surface area contributed by atoms with Crippen molar-refractivity contribution in [1.29, 1.82) is 0 Å². The van der Waals surface area contributed by atoms with Crippen LogP contribution in [0.5, 0.6) is 0 Å². The fourth-order valence-corrected chi connectivity index (χ4v) is 12.6. The minimum absolute atomic E-state index is 0.00533. The van der Waals surface area contributed by atoms with Crippen LogP contribution >= 0.6 is 0 Å². The lowest BCUT2D eigenvalue weighted by atomic mass is 9.96. The highest BCUT2D eigenvalue weighted by Crippen LogP contribution is 2.38. The monoisotopic (exact) mass is 1540 g/mol. The Labute approximate surface area is 651 Å². The Balaban J connectivity index is 0.937. The summed E-state index contributed by atoms with van der Waals surface area (Å²) in [5.74, 6) is -10.5. The molecular formula is C88H72O26. The Morgan fingerprint density at radius 1 is 0.211 bits per heavy atom. The van der Waals surface area contributed by atoms with Crippen molar-refractivity contribution < 1.29 is 124 Å². The first-order chi connectivity index (χ1) is 55.6. The van der Waals surface area contributed by atoms with Gasteiger partial charge < -0.3 is 76.2 Å². The van der Waals surface area contributed by atoms with Crippen molar-refractivity contribution in [3.05, 3.63) is 359 Å². The summed E-state index contributed by atoms with van der Waals surface area (Å²) in [6.45, 7) is -2.78. The Kier molecular flexibility index (Phi) is 26.3. The molecule has 0 saturated carbocycles. The zero-order valence-electron chi connectivity index (χ0n) is 60.3. The minimum Gasteiger partial charge on any atom is -0.459 e. The number of esters is 10. The molecule has 0 amide bonds. The zero-order chi connectivity index (χ0) is 79.3. The quantitative estimate of drug-likeness (QED) is 0.0369. The lowest BCUT2D eigenvalue weighted by molar-refractivity contribution is -0.337. The molecule has 0 aromatic heterocycles. The van der Waals surface area contributed by atoms with Crippen molar-refractivity contribution in [2.75, 3.05) is 19.8 Å². The molecule has 0 aliphatic carbocycles. The summed E-state index contributed by atoms with van der Waals surface area (Å²) < 4.78 is 96.0. The van der Waals surface area contributed by atoms with Crippen LogP contribution in [0, 0.1) is 0 Å². The number of aliphatic hydroxyl groups is 1. The molecule has 3 heterocycles. The van der Waals surface area contributed by atoms with E-state index in [4.69, 9.17) is 71.1 Å². The Bertz CT molecular complexity index is 4900. The van der Waals surface area contributed by atoms with Crippen LogP contribution in [0.4, 0.5) is 0 Å². The summed E-state index contributed by atoms with van der Waals surface area (Å²) in [5.41, 5.74) is -0.345. The fraction of sp³-hybridized carbons (Fsp3) is 0.205. The summed E-state index contributed by atoms with van der Waals surface area (Å²) in [5, 5.41) is 12.3. The third-order valence-corrected chi connectivity index (χ3v) is 18.3. The van der Waals surface area contributed by atoms with Crippen molar-refractivity contribution in [2.24, 2.45) is 0 Å². The summed E-state index contributed by atoms with van der Waals surface area (Å²) in [4.78, 5) is 146. The number of aliphatic hydroxyl groups excluding tert-OH is 1. The summed E-state index contributed by atoms with van der Waals surface area (Å²) in [7, 11) is 0. The van der Waals surface area contributed by atoms with Gasteiger partial charge in [0.2, 0.25) is 0 Å². The third kappa shape index (κ3) is 19.9. The van der Waals surface area contributed by atoms with E-state index in [9.17, 15) is 48.3 Å². The van der Waals surface area contributed by atoms with Crippen LogP contribution < -0.4 is 0 Å². The largest absolute Gasteiger partial charge is 0.459 e. The first kappa shape index (κ1) is 78.8. The van der Waals surface area contributed by atoms with E-state index in [-0.39, 0.29) is 55.6 Å². The number of carbonyl (C=O) groups excluding carboxylic acids is 10. The van der Waals surface area contributed by atoms with Gasteiger partial charge in [0.15, 0.2) is 73.8 Å². The fourth-order valence-electron chi connectivity index (χ4n) is 12.6. The molecule has 0 unspecified atom stereocenters. The van der Waals surface area contributed by atoms with Crippen LogP contribution in [0.2, 0.25) is 0 Å². The van der Waals surface area contributed by atoms with Gasteiger partial charge in [-0.15, -0.1) is 0 Å². The van der Waals surface area contributed by atoms with Gasteiger partial charge in [-0.25, -0.2) is 47.9 Å². The molecule has 26 heteroatoms. The van der Waals surface area contributed by atoms with E-state index in [0.717, 1.165) is 0 Å².